The Bertz CT molecular complexity index is 536. The van der Waals surface area contributed by atoms with Gasteiger partial charge in [-0.1, -0.05) is 0 Å². The monoisotopic (exact) mass is 306 g/mol. The van der Waals surface area contributed by atoms with Gasteiger partial charge in [-0.3, -0.25) is 0 Å². The molecule has 0 spiro atoms. The van der Waals surface area contributed by atoms with Crippen molar-refractivity contribution in [3.8, 4) is 0 Å². The molecule has 3 atom stereocenters. The molecule has 122 valence electrons. The second-order valence-electron chi connectivity index (χ2n) is 6.68. The summed E-state index contributed by atoms with van der Waals surface area (Å²) in [6.45, 7) is 6.58. The van der Waals surface area contributed by atoms with Crippen molar-refractivity contribution in [2.75, 3.05) is 6.61 Å². The highest BCUT2D eigenvalue weighted by Gasteiger charge is 2.36. The normalized spacial score (nSPS) is 26.5. The summed E-state index contributed by atoms with van der Waals surface area (Å²) in [6.07, 6.45) is 4.74. The molecule has 1 aliphatic heterocycles. The SMILES string of the molecule is Cc1cc([C@H](C)NC(=O)N[C@@H]2CCO[C@H](C3CC3)C2)c(C)o1. The van der Waals surface area contributed by atoms with E-state index in [0.717, 1.165) is 42.5 Å². The van der Waals surface area contributed by atoms with E-state index < -0.39 is 0 Å². The van der Waals surface area contributed by atoms with Gasteiger partial charge in [-0.2, -0.15) is 0 Å². The molecular weight excluding hydrogens is 280 g/mol. The van der Waals surface area contributed by atoms with Gasteiger partial charge in [0, 0.05) is 18.2 Å². The highest BCUT2D eigenvalue weighted by molar-refractivity contribution is 5.74. The minimum absolute atomic E-state index is 0.0588. The topological polar surface area (TPSA) is 63.5 Å². The number of nitrogens with one attached hydrogen (secondary N) is 2. The van der Waals surface area contributed by atoms with Crippen LogP contribution in [0.1, 0.15) is 55.7 Å². The van der Waals surface area contributed by atoms with Crippen LogP contribution in [0.25, 0.3) is 0 Å². The Balaban J connectivity index is 1.50. The predicted molar refractivity (Wildman–Crippen MR) is 83.8 cm³/mol. The van der Waals surface area contributed by atoms with Crippen LogP contribution in [0.3, 0.4) is 0 Å². The fraction of sp³-hybridized carbons (Fsp3) is 0.706. The van der Waals surface area contributed by atoms with Crippen molar-refractivity contribution in [1.82, 2.24) is 10.6 Å². The molecule has 2 N–H and O–H groups in total. The maximum Gasteiger partial charge on any atom is 0.315 e. The molecule has 0 aromatic carbocycles. The standard InChI is InChI=1S/C17H26N2O3/c1-10-8-15(12(3)22-10)11(2)18-17(20)19-14-6-7-21-16(9-14)13-4-5-13/h8,11,13-14,16H,4-7,9H2,1-3H3,(H2,18,19,20)/t11-,14+,16-/m0/s1. The zero-order valence-corrected chi connectivity index (χ0v) is 13.6. The van der Waals surface area contributed by atoms with Gasteiger partial charge in [0.15, 0.2) is 0 Å². The number of carbonyl (C=O) groups is 1. The summed E-state index contributed by atoms with van der Waals surface area (Å²) in [5.41, 5.74) is 1.04. The third-order valence-corrected chi connectivity index (χ3v) is 4.69. The van der Waals surface area contributed by atoms with Gasteiger partial charge in [-0.15, -0.1) is 0 Å². The van der Waals surface area contributed by atoms with Gasteiger partial charge >= 0.3 is 6.03 Å². The van der Waals surface area contributed by atoms with Gasteiger partial charge in [0.1, 0.15) is 11.5 Å². The van der Waals surface area contributed by atoms with E-state index in [4.69, 9.17) is 9.15 Å². The molecule has 0 bridgehead atoms. The van der Waals surface area contributed by atoms with Crippen molar-refractivity contribution in [1.29, 1.82) is 0 Å². The predicted octanol–water partition coefficient (Wildman–Crippen LogP) is 3.21. The average Bonchev–Trinajstić information content (AvgIpc) is 3.24. The molecule has 5 nitrogen and oxygen atoms in total. The number of ether oxygens (including phenoxy) is 1. The summed E-state index contributed by atoms with van der Waals surface area (Å²) in [4.78, 5) is 12.2. The van der Waals surface area contributed by atoms with Crippen molar-refractivity contribution >= 4 is 6.03 Å². The average molecular weight is 306 g/mol. The quantitative estimate of drug-likeness (QED) is 0.898. The van der Waals surface area contributed by atoms with Crippen molar-refractivity contribution in [3.63, 3.8) is 0 Å². The zero-order chi connectivity index (χ0) is 15.7. The lowest BCUT2D eigenvalue weighted by atomic mass is 10.0. The van der Waals surface area contributed by atoms with Crippen LogP contribution in [0.4, 0.5) is 4.79 Å². The summed E-state index contributed by atoms with van der Waals surface area (Å²) in [6, 6.07) is 2.04. The molecule has 1 saturated heterocycles. The Labute approximate surface area is 131 Å². The Kier molecular flexibility index (Phi) is 4.43. The van der Waals surface area contributed by atoms with Crippen LogP contribution in [-0.2, 0) is 4.74 Å². The zero-order valence-electron chi connectivity index (χ0n) is 13.6. The molecule has 2 amide bonds. The number of carbonyl (C=O) groups excluding carboxylic acids is 1. The highest BCUT2D eigenvalue weighted by atomic mass is 16.5. The Morgan fingerprint density at radius 1 is 1.32 bits per heavy atom. The maximum atomic E-state index is 12.2. The summed E-state index contributed by atoms with van der Waals surface area (Å²) >= 11 is 0. The molecule has 2 heterocycles. The van der Waals surface area contributed by atoms with Crippen LogP contribution >= 0.6 is 0 Å². The van der Waals surface area contributed by atoms with Crippen LogP contribution in [-0.4, -0.2) is 24.8 Å². The molecule has 5 heteroatoms. The van der Waals surface area contributed by atoms with Gasteiger partial charge in [0.25, 0.3) is 0 Å². The van der Waals surface area contributed by atoms with E-state index in [0.29, 0.717) is 6.10 Å². The third kappa shape index (κ3) is 3.64. The summed E-state index contributed by atoms with van der Waals surface area (Å²) in [5.74, 6) is 2.46. The van der Waals surface area contributed by atoms with Crippen molar-refractivity contribution < 1.29 is 13.9 Å². The summed E-state index contributed by atoms with van der Waals surface area (Å²) in [5, 5.41) is 6.10. The molecule has 2 aliphatic rings. The molecule has 1 aromatic heterocycles. The van der Waals surface area contributed by atoms with Gasteiger partial charge in [-0.25, -0.2) is 4.79 Å². The first-order valence-electron chi connectivity index (χ1n) is 8.28. The molecule has 0 unspecified atom stereocenters. The van der Waals surface area contributed by atoms with Crippen molar-refractivity contribution in [2.45, 2.75) is 64.6 Å². The lowest BCUT2D eigenvalue weighted by Crippen LogP contribution is -2.47. The molecular formula is C17H26N2O3. The number of hydrogen-bond acceptors (Lipinski definition) is 3. The first-order valence-corrected chi connectivity index (χ1v) is 8.28. The molecule has 2 fully saturated rings. The number of furan rings is 1. The Morgan fingerprint density at radius 2 is 2.09 bits per heavy atom. The van der Waals surface area contributed by atoms with E-state index >= 15 is 0 Å². The molecule has 1 saturated carbocycles. The first kappa shape index (κ1) is 15.4. The van der Waals surface area contributed by atoms with Crippen LogP contribution in [0.15, 0.2) is 10.5 Å². The second kappa shape index (κ2) is 6.32. The third-order valence-electron chi connectivity index (χ3n) is 4.69. The van der Waals surface area contributed by atoms with E-state index in [1.807, 2.05) is 26.8 Å². The number of amides is 2. The number of rotatable bonds is 4. The highest BCUT2D eigenvalue weighted by Crippen LogP contribution is 2.38. The molecule has 1 aliphatic carbocycles. The maximum absolute atomic E-state index is 12.2. The lowest BCUT2D eigenvalue weighted by Gasteiger charge is -2.30. The number of hydrogen-bond donors (Lipinski definition) is 2. The minimum atomic E-state index is -0.104. The van der Waals surface area contributed by atoms with E-state index in [1.165, 1.54) is 12.8 Å². The largest absolute Gasteiger partial charge is 0.466 e. The Morgan fingerprint density at radius 3 is 2.73 bits per heavy atom. The summed E-state index contributed by atoms with van der Waals surface area (Å²) < 4.78 is 11.3. The van der Waals surface area contributed by atoms with Gasteiger partial charge in [-0.05, 0) is 58.4 Å². The van der Waals surface area contributed by atoms with Crippen molar-refractivity contribution in [3.05, 3.63) is 23.2 Å². The fourth-order valence-corrected chi connectivity index (χ4v) is 3.34. The van der Waals surface area contributed by atoms with Crippen LogP contribution in [0.5, 0.6) is 0 Å². The second-order valence-corrected chi connectivity index (χ2v) is 6.68. The molecule has 1 aromatic rings. The summed E-state index contributed by atoms with van der Waals surface area (Å²) in [7, 11) is 0. The number of urea groups is 1. The van der Waals surface area contributed by atoms with Gasteiger partial charge in [0.2, 0.25) is 0 Å². The molecule has 3 rings (SSSR count). The number of aryl methyl sites for hydroxylation is 2. The Hall–Kier alpha value is -1.49. The van der Waals surface area contributed by atoms with Gasteiger partial charge < -0.3 is 19.8 Å². The minimum Gasteiger partial charge on any atom is -0.466 e. The smallest absolute Gasteiger partial charge is 0.315 e. The molecule has 22 heavy (non-hydrogen) atoms. The lowest BCUT2D eigenvalue weighted by molar-refractivity contribution is -0.00917. The van der Waals surface area contributed by atoms with E-state index in [2.05, 4.69) is 10.6 Å². The molecule has 0 radical (unpaired) electrons. The van der Waals surface area contributed by atoms with E-state index in [9.17, 15) is 4.79 Å². The van der Waals surface area contributed by atoms with Crippen LogP contribution < -0.4 is 10.6 Å². The van der Waals surface area contributed by atoms with Crippen molar-refractivity contribution in [2.24, 2.45) is 5.92 Å². The fourth-order valence-electron chi connectivity index (χ4n) is 3.34. The van der Waals surface area contributed by atoms with Gasteiger partial charge in [0.05, 0.1) is 12.1 Å². The van der Waals surface area contributed by atoms with E-state index in [-0.39, 0.29) is 18.1 Å². The van der Waals surface area contributed by atoms with Crippen LogP contribution in [0, 0.1) is 19.8 Å². The van der Waals surface area contributed by atoms with E-state index in [1.54, 1.807) is 0 Å². The van der Waals surface area contributed by atoms with Crippen LogP contribution in [0.2, 0.25) is 0 Å². The first-order chi connectivity index (χ1) is 10.5.